The molecule has 10 rings (SSSR count). The van der Waals surface area contributed by atoms with Crippen LogP contribution in [0.4, 0.5) is 0 Å². The monoisotopic (exact) mass is 652 g/mol. The summed E-state index contributed by atoms with van der Waals surface area (Å²) in [5, 5.41) is 0. The molecule has 0 saturated carbocycles. The minimum atomic E-state index is 0.125. The molecule has 6 aliphatic rings. The van der Waals surface area contributed by atoms with Crippen molar-refractivity contribution >= 4 is 0 Å². The molecule has 0 aromatic heterocycles. The number of nitrogens with zero attached hydrogens (tertiary/aromatic N) is 2. The third kappa shape index (κ3) is 5.51. The normalized spacial score (nSPS) is 20.2. The molecule has 8 heteroatoms. The highest BCUT2D eigenvalue weighted by Crippen LogP contribution is 2.53. The Hall–Kier alpha value is -4.40. The lowest BCUT2D eigenvalue weighted by atomic mass is 9.85. The first-order valence-electron chi connectivity index (χ1n) is 16.8. The van der Waals surface area contributed by atoms with Crippen LogP contribution in [0, 0.1) is 0 Å². The van der Waals surface area contributed by atoms with E-state index in [9.17, 15) is 0 Å². The third-order valence-corrected chi connectivity index (χ3v) is 10.9. The summed E-state index contributed by atoms with van der Waals surface area (Å²) in [7, 11) is 16.0. The molecule has 0 N–H and O–H groups in total. The molecule has 6 aliphatic heterocycles. The van der Waals surface area contributed by atoms with E-state index in [0.29, 0.717) is 23.0 Å². The maximum absolute atomic E-state index is 6.86. The predicted octanol–water partition coefficient (Wildman–Crippen LogP) is 7.45. The zero-order valence-corrected chi connectivity index (χ0v) is 29.5. The Labute approximate surface area is 284 Å². The van der Waals surface area contributed by atoms with Crippen molar-refractivity contribution in [3.05, 3.63) is 94.0 Å². The van der Waals surface area contributed by atoms with E-state index in [1.807, 2.05) is 0 Å². The molecule has 0 aliphatic carbocycles. The van der Waals surface area contributed by atoms with E-state index >= 15 is 0 Å². The first kappa shape index (κ1) is 32.2. The van der Waals surface area contributed by atoms with Crippen LogP contribution >= 0.6 is 0 Å². The van der Waals surface area contributed by atoms with Gasteiger partial charge in [0.1, 0.15) is 23.6 Å². The number of ether oxygens (including phenoxy) is 6. The largest absolute Gasteiger partial charge is 0.493 e. The van der Waals surface area contributed by atoms with Crippen LogP contribution in [-0.2, 0) is 25.7 Å². The molecule has 0 radical (unpaired) electrons. The van der Waals surface area contributed by atoms with Crippen LogP contribution < -0.4 is 28.4 Å². The Balaban J connectivity index is 1.44. The van der Waals surface area contributed by atoms with E-state index in [2.05, 4.69) is 88.9 Å². The van der Waals surface area contributed by atoms with Crippen molar-refractivity contribution in [3.63, 3.8) is 0 Å². The van der Waals surface area contributed by atoms with Crippen molar-refractivity contribution < 1.29 is 37.4 Å². The molecule has 4 aromatic rings. The average Bonchev–Trinajstić information content (AvgIpc) is 3.08. The lowest BCUT2D eigenvalue weighted by Gasteiger charge is -2.44. The van der Waals surface area contributed by atoms with Crippen LogP contribution in [-0.4, -0.2) is 78.7 Å². The fraction of sp³-hybridized carbons (Fsp3) is 0.400. The van der Waals surface area contributed by atoms with Crippen molar-refractivity contribution in [2.24, 2.45) is 0 Å². The molecule has 6 heterocycles. The van der Waals surface area contributed by atoms with Crippen LogP contribution in [0.15, 0.2) is 60.7 Å². The summed E-state index contributed by atoms with van der Waals surface area (Å²) >= 11 is 0. The average molecular weight is 653 g/mol. The summed E-state index contributed by atoms with van der Waals surface area (Å²) in [5.74, 6) is 5.64. The summed E-state index contributed by atoms with van der Waals surface area (Å²) in [6, 6.07) is 21.6. The highest BCUT2D eigenvalue weighted by Gasteiger charge is 2.42. The molecule has 4 aromatic carbocycles. The van der Waals surface area contributed by atoms with Crippen LogP contribution in [0.5, 0.6) is 46.0 Å². The SMILES string of the molecule is COc1cc2c3c(c1OC)Oc1ccc(cc1)C[C@@H]1c4c(cc(OC)c(OC)c4Oc4ccc(cc4)C[C@H]3[N+](C)(C)CC2)CC[N+]1(C)C. The molecule has 48 heavy (non-hydrogen) atoms. The number of benzene rings is 4. The van der Waals surface area contributed by atoms with E-state index in [-0.39, 0.29) is 12.1 Å². The molecule has 4 bridgehead atoms. The lowest BCUT2D eigenvalue weighted by Crippen LogP contribution is -2.48. The number of quaternary nitrogens is 2. The van der Waals surface area contributed by atoms with E-state index < -0.39 is 0 Å². The standard InChI is InChI=1S/C40H48N2O6/c1-41(2)19-17-27-23-33(43-5)37(45-7)39-35(27)31(41)21-25-9-13-30(14-10-25)48-40-36-28(24-34(44-6)38(40)46-8)18-20-42(3,4)32(36)22-26-11-15-29(47-39)16-12-26/h9-16,23-24,31-32H,17-22H2,1-8H3/q+2/t31-,32-/m1/s1. The van der Waals surface area contributed by atoms with Crippen molar-refractivity contribution in [1.29, 1.82) is 0 Å². The number of hydrogen-bond donors (Lipinski definition) is 0. The van der Waals surface area contributed by atoms with Crippen LogP contribution in [0.25, 0.3) is 0 Å². The summed E-state index contributed by atoms with van der Waals surface area (Å²) in [6.45, 7) is 2.00. The first-order chi connectivity index (χ1) is 23.1. The second-order valence-electron chi connectivity index (χ2n) is 14.5. The van der Waals surface area contributed by atoms with Gasteiger partial charge in [0.2, 0.25) is 11.5 Å². The van der Waals surface area contributed by atoms with Gasteiger partial charge in [0.25, 0.3) is 0 Å². The summed E-state index contributed by atoms with van der Waals surface area (Å²) < 4.78 is 39.1. The van der Waals surface area contributed by atoms with Crippen molar-refractivity contribution in [2.45, 2.75) is 37.8 Å². The molecular formula is C40H48N2O6+2. The van der Waals surface area contributed by atoms with Crippen molar-refractivity contribution in [2.75, 3.05) is 69.7 Å². The number of likely N-dealkylation sites (N-methyl/N-ethyl adjacent to an activating group) is 2. The quantitative estimate of drug-likeness (QED) is 0.214. The number of hydrogen-bond acceptors (Lipinski definition) is 6. The van der Waals surface area contributed by atoms with Crippen molar-refractivity contribution in [3.8, 4) is 46.0 Å². The summed E-state index contributed by atoms with van der Waals surface area (Å²) in [4.78, 5) is 0. The van der Waals surface area contributed by atoms with Gasteiger partial charge in [-0.3, -0.25) is 0 Å². The summed E-state index contributed by atoms with van der Waals surface area (Å²) in [6.07, 6.45) is 3.47. The van der Waals surface area contributed by atoms with Gasteiger partial charge in [-0.15, -0.1) is 0 Å². The zero-order chi connectivity index (χ0) is 33.8. The Morgan fingerprint density at radius 1 is 0.542 bits per heavy atom. The molecule has 0 saturated heterocycles. The predicted molar refractivity (Wildman–Crippen MR) is 186 cm³/mol. The minimum Gasteiger partial charge on any atom is -0.493 e. The van der Waals surface area contributed by atoms with Gasteiger partial charge in [0, 0.05) is 25.7 Å². The molecular weight excluding hydrogens is 604 g/mol. The maximum atomic E-state index is 6.86. The summed E-state index contributed by atoms with van der Waals surface area (Å²) in [5.41, 5.74) is 7.26. The maximum Gasteiger partial charge on any atom is 0.204 e. The Kier molecular flexibility index (Phi) is 8.20. The Morgan fingerprint density at radius 3 is 1.25 bits per heavy atom. The van der Waals surface area contributed by atoms with E-state index in [1.54, 1.807) is 28.4 Å². The van der Waals surface area contributed by atoms with Crippen molar-refractivity contribution in [1.82, 2.24) is 0 Å². The fourth-order valence-electron chi connectivity index (χ4n) is 8.00. The topological polar surface area (TPSA) is 55.4 Å². The first-order valence-corrected chi connectivity index (χ1v) is 16.8. The molecule has 8 nitrogen and oxygen atoms in total. The third-order valence-electron chi connectivity index (χ3n) is 10.9. The van der Waals surface area contributed by atoms with Gasteiger partial charge < -0.3 is 37.4 Å². The van der Waals surface area contributed by atoms with Gasteiger partial charge >= 0.3 is 0 Å². The highest BCUT2D eigenvalue weighted by atomic mass is 16.5. The van der Waals surface area contributed by atoms with Gasteiger partial charge in [-0.2, -0.15) is 0 Å². The Bertz CT molecular complexity index is 1700. The highest BCUT2D eigenvalue weighted by molar-refractivity contribution is 5.63. The van der Waals surface area contributed by atoms with Gasteiger partial charge in [-0.25, -0.2) is 0 Å². The number of rotatable bonds is 4. The second kappa shape index (κ2) is 12.2. The van der Waals surface area contributed by atoms with E-state index in [1.165, 1.54) is 33.4 Å². The molecule has 0 fully saturated rings. The fourth-order valence-corrected chi connectivity index (χ4v) is 8.00. The molecule has 252 valence electrons. The second-order valence-corrected chi connectivity index (χ2v) is 14.5. The van der Waals surface area contributed by atoms with E-state index in [0.717, 1.165) is 70.7 Å². The van der Waals surface area contributed by atoms with Crippen LogP contribution in [0.1, 0.15) is 45.5 Å². The van der Waals surface area contributed by atoms with Crippen LogP contribution in [0.2, 0.25) is 0 Å². The van der Waals surface area contributed by atoms with Crippen LogP contribution in [0.3, 0.4) is 0 Å². The minimum absolute atomic E-state index is 0.125. The molecule has 0 amide bonds. The van der Waals surface area contributed by atoms with E-state index in [4.69, 9.17) is 28.4 Å². The smallest absolute Gasteiger partial charge is 0.204 e. The lowest BCUT2D eigenvalue weighted by molar-refractivity contribution is -0.923. The molecule has 2 atom stereocenters. The Morgan fingerprint density at radius 2 is 0.917 bits per heavy atom. The van der Waals surface area contributed by atoms with Gasteiger partial charge in [-0.1, -0.05) is 24.3 Å². The molecule has 0 spiro atoms. The zero-order valence-electron chi connectivity index (χ0n) is 29.5. The molecule has 0 unspecified atom stereocenters. The van der Waals surface area contributed by atoms with Gasteiger partial charge in [-0.05, 0) is 58.7 Å². The number of methoxy groups -OCH3 is 4. The van der Waals surface area contributed by atoms with Gasteiger partial charge in [0.05, 0.1) is 80.8 Å². The van der Waals surface area contributed by atoms with Gasteiger partial charge in [0.15, 0.2) is 23.0 Å².